The molecule has 1 fully saturated rings. The minimum absolute atomic E-state index is 0.0102. The minimum Gasteiger partial charge on any atom is -0.392 e. The van der Waals surface area contributed by atoms with E-state index in [1.807, 2.05) is 55.5 Å². The highest BCUT2D eigenvalue weighted by atomic mass is 16.3. The van der Waals surface area contributed by atoms with Gasteiger partial charge in [-0.15, -0.1) is 0 Å². The largest absolute Gasteiger partial charge is 0.392 e. The molecule has 130 valence electrons. The molecule has 2 aromatic rings. The number of nitrogens with zero attached hydrogens (tertiary/aromatic N) is 2. The van der Waals surface area contributed by atoms with Gasteiger partial charge in [-0.1, -0.05) is 42.0 Å². The molecule has 5 heteroatoms. The Morgan fingerprint density at radius 1 is 1.00 bits per heavy atom. The molecule has 1 aliphatic rings. The minimum atomic E-state index is -0.0564. The van der Waals surface area contributed by atoms with E-state index in [4.69, 9.17) is 5.11 Å². The van der Waals surface area contributed by atoms with E-state index < -0.39 is 0 Å². The molecule has 0 aromatic heterocycles. The van der Waals surface area contributed by atoms with Gasteiger partial charge >= 0.3 is 0 Å². The molecule has 1 N–H and O–H groups in total. The number of hydrogen-bond acceptors (Lipinski definition) is 3. The van der Waals surface area contributed by atoms with Crippen LogP contribution >= 0.6 is 0 Å². The maximum atomic E-state index is 12.5. The summed E-state index contributed by atoms with van der Waals surface area (Å²) in [5.74, 6) is -0.104. The average Bonchev–Trinajstić information content (AvgIpc) is 2.63. The lowest BCUT2D eigenvalue weighted by molar-refractivity contribution is -0.136. The van der Waals surface area contributed by atoms with Gasteiger partial charge in [0, 0.05) is 18.8 Å². The molecule has 25 heavy (non-hydrogen) atoms. The number of amides is 2. The quantitative estimate of drug-likeness (QED) is 0.926. The number of aryl methyl sites for hydroxylation is 1. The van der Waals surface area contributed by atoms with E-state index in [1.165, 1.54) is 0 Å². The molecule has 1 aliphatic heterocycles. The smallest absolute Gasteiger partial charge is 0.246 e. The maximum absolute atomic E-state index is 12.5. The third kappa shape index (κ3) is 4.06. The highest BCUT2D eigenvalue weighted by molar-refractivity contribution is 5.98. The van der Waals surface area contributed by atoms with Crippen LogP contribution in [0.3, 0.4) is 0 Å². The normalized spacial score (nSPS) is 14.7. The Labute approximate surface area is 147 Å². The first kappa shape index (κ1) is 17.2. The maximum Gasteiger partial charge on any atom is 0.246 e. The fourth-order valence-electron chi connectivity index (χ4n) is 2.93. The lowest BCUT2D eigenvalue weighted by Gasteiger charge is -2.34. The van der Waals surface area contributed by atoms with Crippen molar-refractivity contribution in [1.82, 2.24) is 4.90 Å². The Hall–Kier alpha value is -2.66. The Morgan fingerprint density at radius 3 is 2.24 bits per heavy atom. The fraction of sp³-hybridized carbons (Fsp3) is 0.300. The highest BCUT2D eigenvalue weighted by Gasteiger charge is 2.27. The zero-order valence-corrected chi connectivity index (χ0v) is 14.3. The van der Waals surface area contributed by atoms with Crippen molar-refractivity contribution in [2.75, 3.05) is 24.5 Å². The van der Waals surface area contributed by atoms with Crippen molar-refractivity contribution in [2.24, 2.45) is 0 Å². The highest BCUT2D eigenvalue weighted by Crippen LogP contribution is 2.18. The van der Waals surface area contributed by atoms with Crippen molar-refractivity contribution < 1.29 is 14.7 Å². The van der Waals surface area contributed by atoms with E-state index in [0.717, 1.165) is 22.4 Å². The molecule has 0 atom stereocenters. The van der Waals surface area contributed by atoms with Crippen LogP contribution in [0.4, 0.5) is 5.69 Å². The first-order valence-corrected chi connectivity index (χ1v) is 8.40. The number of anilines is 1. The number of benzene rings is 2. The van der Waals surface area contributed by atoms with Gasteiger partial charge in [0.15, 0.2) is 0 Å². The summed E-state index contributed by atoms with van der Waals surface area (Å²) in [6, 6.07) is 15.1. The zero-order chi connectivity index (χ0) is 17.8. The number of hydrogen-bond donors (Lipinski definition) is 1. The van der Waals surface area contributed by atoms with E-state index in [9.17, 15) is 9.59 Å². The lowest BCUT2D eigenvalue weighted by Crippen LogP contribution is -2.52. The van der Waals surface area contributed by atoms with Crippen LogP contribution in [0.25, 0.3) is 0 Å². The molecule has 0 spiro atoms. The standard InChI is InChI=1S/C20H22N2O3/c1-15-2-8-18(9-3-15)22-11-10-21(13-20(22)25)19(24)12-16-4-6-17(14-23)7-5-16/h2-9,23H,10-14H2,1H3. The average molecular weight is 338 g/mol. The summed E-state index contributed by atoms with van der Waals surface area (Å²) in [5, 5.41) is 9.06. The van der Waals surface area contributed by atoms with Gasteiger partial charge in [-0.2, -0.15) is 0 Å². The van der Waals surface area contributed by atoms with Gasteiger partial charge in [-0.3, -0.25) is 9.59 Å². The summed E-state index contributed by atoms with van der Waals surface area (Å²) in [5.41, 5.74) is 3.73. The van der Waals surface area contributed by atoms with Crippen molar-refractivity contribution in [1.29, 1.82) is 0 Å². The van der Waals surface area contributed by atoms with Gasteiger partial charge in [0.2, 0.25) is 11.8 Å². The number of aliphatic hydroxyl groups excluding tert-OH is 1. The summed E-state index contributed by atoms with van der Waals surface area (Å²) < 4.78 is 0. The molecule has 2 aromatic carbocycles. The fourth-order valence-corrected chi connectivity index (χ4v) is 2.93. The summed E-state index contributed by atoms with van der Waals surface area (Å²) in [4.78, 5) is 28.2. The van der Waals surface area contributed by atoms with Crippen LogP contribution < -0.4 is 4.90 Å². The topological polar surface area (TPSA) is 60.9 Å². The number of rotatable bonds is 4. The SMILES string of the molecule is Cc1ccc(N2CCN(C(=O)Cc3ccc(CO)cc3)CC2=O)cc1. The monoisotopic (exact) mass is 338 g/mol. The number of carbonyl (C=O) groups is 2. The van der Waals surface area contributed by atoms with Gasteiger partial charge in [-0.05, 0) is 30.2 Å². The molecule has 0 aliphatic carbocycles. The van der Waals surface area contributed by atoms with Crippen LogP contribution in [0.15, 0.2) is 48.5 Å². The van der Waals surface area contributed by atoms with Crippen molar-refractivity contribution in [3.05, 3.63) is 65.2 Å². The van der Waals surface area contributed by atoms with E-state index >= 15 is 0 Å². The Kier molecular flexibility index (Phi) is 5.14. The van der Waals surface area contributed by atoms with Crippen molar-refractivity contribution in [3.63, 3.8) is 0 Å². The predicted molar refractivity (Wildman–Crippen MR) is 96.2 cm³/mol. The van der Waals surface area contributed by atoms with E-state index in [1.54, 1.807) is 9.80 Å². The van der Waals surface area contributed by atoms with Crippen LogP contribution in [0.5, 0.6) is 0 Å². The molecule has 0 radical (unpaired) electrons. The molecule has 1 saturated heterocycles. The van der Waals surface area contributed by atoms with E-state index in [-0.39, 0.29) is 31.4 Å². The van der Waals surface area contributed by atoms with Crippen LogP contribution in [0.1, 0.15) is 16.7 Å². The first-order valence-electron chi connectivity index (χ1n) is 8.40. The van der Waals surface area contributed by atoms with Gasteiger partial charge < -0.3 is 14.9 Å². The third-order valence-corrected chi connectivity index (χ3v) is 4.48. The number of aliphatic hydroxyl groups is 1. The molecule has 0 saturated carbocycles. The first-order chi connectivity index (χ1) is 12.1. The van der Waals surface area contributed by atoms with Gasteiger partial charge in [0.25, 0.3) is 0 Å². The summed E-state index contributed by atoms with van der Waals surface area (Å²) in [6.07, 6.45) is 0.267. The van der Waals surface area contributed by atoms with Gasteiger partial charge in [0.1, 0.15) is 6.54 Å². The van der Waals surface area contributed by atoms with Crippen LogP contribution in [-0.4, -0.2) is 41.5 Å². The van der Waals surface area contributed by atoms with E-state index in [2.05, 4.69) is 0 Å². The molecule has 0 bridgehead atoms. The zero-order valence-electron chi connectivity index (χ0n) is 14.3. The summed E-state index contributed by atoms with van der Waals surface area (Å²) in [6.45, 7) is 3.16. The molecule has 2 amide bonds. The van der Waals surface area contributed by atoms with Crippen LogP contribution in [-0.2, 0) is 22.6 Å². The lowest BCUT2D eigenvalue weighted by atomic mass is 10.1. The van der Waals surface area contributed by atoms with E-state index in [0.29, 0.717) is 13.1 Å². The van der Waals surface area contributed by atoms with Crippen molar-refractivity contribution in [3.8, 4) is 0 Å². The number of piperazine rings is 1. The van der Waals surface area contributed by atoms with Crippen molar-refractivity contribution >= 4 is 17.5 Å². The second-order valence-corrected chi connectivity index (χ2v) is 6.35. The van der Waals surface area contributed by atoms with Gasteiger partial charge in [0.05, 0.1) is 13.0 Å². The van der Waals surface area contributed by atoms with Crippen LogP contribution in [0, 0.1) is 6.92 Å². The molecule has 1 heterocycles. The molecule has 0 unspecified atom stereocenters. The Bertz CT molecular complexity index is 754. The second kappa shape index (κ2) is 7.49. The van der Waals surface area contributed by atoms with Crippen molar-refractivity contribution in [2.45, 2.75) is 20.0 Å². The Morgan fingerprint density at radius 2 is 1.64 bits per heavy atom. The number of carbonyl (C=O) groups excluding carboxylic acids is 2. The third-order valence-electron chi connectivity index (χ3n) is 4.48. The second-order valence-electron chi connectivity index (χ2n) is 6.35. The summed E-state index contributed by atoms with van der Waals surface area (Å²) >= 11 is 0. The summed E-state index contributed by atoms with van der Waals surface area (Å²) in [7, 11) is 0. The predicted octanol–water partition coefficient (Wildman–Crippen LogP) is 1.91. The molecular formula is C20H22N2O3. The Balaban J connectivity index is 1.60. The molecule has 5 nitrogen and oxygen atoms in total. The van der Waals surface area contributed by atoms with Gasteiger partial charge in [-0.25, -0.2) is 0 Å². The van der Waals surface area contributed by atoms with Crippen LogP contribution in [0.2, 0.25) is 0 Å². The molecular weight excluding hydrogens is 316 g/mol. The molecule has 3 rings (SSSR count).